The molecule has 2 aromatic carbocycles. The molecule has 5 heterocycles. The summed E-state index contributed by atoms with van der Waals surface area (Å²) in [5.74, 6) is -3.77. The molecule has 43 heavy (non-hydrogen) atoms. The van der Waals surface area contributed by atoms with E-state index in [9.17, 15) is 19.5 Å². The first-order chi connectivity index (χ1) is 20.7. The number of likely N-dealkylation sites (N-methyl/N-ethyl adjacent to an activating group) is 1. The number of ether oxygens (including phenoxy) is 1. The first-order valence-corrected chi connectivity index (χ1v) is 15.1. The molecule has 3 amide bonds. The number of carbonyl (C=O) groups is 3. The van der Waals surface area contributed by atoms with Crippen molar-refractivity contribution in [3.63, 3.8) is 0 Å². The fraction of sp³-hybridized carbons (Fsp3) is 0.424. The fourth-order valence-electron chi connectivity index (χ4n) is 8.12. The summed E-state index contributed by atoms with van der Waals surface area (Å²) in [6.45, 7) is 2.45. The summed E-state index contributed by atoms with van der Waals surface area (Å²) in [6, 6.07) is 14.1. The van der Waals surface area contributed by atoms with Gasteiger partial charge in [0.1, 0.15) is 12.1 Å². The van der Waals surface area contributed by atoms with E-state index in [2.05, 4.69) is 33.5 Å². The first kappa shape index (κ1) is 26.6. The van der Waals surface area contributed by atoms with Crippen LogP contribution in [0.4, 0.5) is 0 Å². The van der Waals surface area contributed by atoms with Crippen LogP contribution < -0.4 is 5.32 Å². The van der Waals surface area contributed by atoms with Gasteiger partial charge in [0, 0.05) is 42.7 Å². The van der Waals surface area contributed by atoms with Gasteiger partial charge in [-0.15, -0.1) is 0 Å². The van der Waals surface area contributed by atoms with Crippen molar-refractivity contribution in [3.8, 4) is 0 Å². The van der Waals surface area contributed by atoms with E-state index in [0.717, 1.165) is 28.6 Å². The summed E-state index contributed by atoms with van der Waals surface area (Å²) in [6.07, 6.45) is 6.38. The van der Waals surface area contributed by atoms with E-state index in [4.69, 9.17) is 4.74 Å². The number of carbonyl (C=O) groups excluding carboxylic acids is 3. The average molecular weight is 582 g/mol. The van der Waals surface area contributed by atoms with Crippen molar-refractivity contribution >= 4 is 34.2 Å². The molecule has 0 spiro atoms. The molecule has 222 valence electrons. The lowest BCUT2D eigenvalue weighted by molar-refractivity contribution is -0.315. The van der Waals surface area contributed by atoms with Gasteiger partial charge < -0.3 is 20.3 Å². The van der Waals surface area contributed by atoms with E-state index < -0.39 is 35.5 Å². The molecular weight excluding hydrogens is 546 g/mol. The summed E-state index contributed by atoms with van der Waals surface area (Å²) >= 11 is 0. The molecule has 4 aliphatic heterocycles. The summed E-state index contributed by atoms with van der Waals surface area (Å²) in [7, 11) is 2.02. The smallest absolute Gasteiger partial charge is 0.280 e. The Bertz CT molecular complexity index is 1700. The monoisotopic (exact) mass is 581 g/mol. The molecule has 10 nitrogen and oxygen atoms in total. The van der Waals surface area contributed by atoms with Crippen molar-refractivity contribution in [1.29, 1.82) is 0 Å². The van der Waals surface area contributed by atoms with Crippen molar-refractivity contribution in [2.75, 3.05) is 20.1 Å². The minimum Gasteiger partial charge on any atom is -0.361 e. The molecule has 3 N–H and O–H groups in total. The minimum atomic E-state index is -2.04. The minimum absolute atomic E-state index is 0.144. The molecule has 6 atom stereocenters. The van der Waals surface area contributed by atoms with Gasteiger partial charge in [-0.2, -0.15) is 0 Å². The molecule has 1 unspecified atom stereocenters. The van der Waals surface area contributed by atoms with Crippen molar-refractivity contribution in [1.82, 2.24) is 25.0 Å². The summed E-state index contributed by atoms with van der Waals surface area (Å²) in [5, 5.41) is 16.1. The normalized spacial score (nSPS) is 33.3. The first-order valence-electron chi connectivity index (χ1n) is 15.1. The van der Waals surface area contributed by atoms with E-state index >= 15 is 0 Å². The topological polar surface area (TPSA) is 118 Å². The highest BCUT2D eigenvalue weighted by Gasteiger charge is 2.70. The molecule has 1 aromatic heterocycles. The van der Waals surface area contributed by atoms with Crippen molar-refractivity contribution in [2.45, 2.75) is 62.4 Å². The zero-order chi connectivity index (χ0) is 29.7. The number of nitrogens with one attached hydrogen (secondary N) is 2. The van der Waals surface area contributed by atoms with Crippen LogP contribution in [0.5, 0.6) is 0 Å². The molecule has 5 aliphatic rings. The van der Waals surface area contributed by atoms with Crippen LogP contribution in [-0.4, -0.2) is 92.4 Å². The number of hydrogen-bond donors (Lipinski definition) is 3. The molecule has 3 saturated heterocycles. The lowest BCUT2D eigenvalue weighted by atomic mass is 9.79. The molecule has 8 rings (SSSR count). The van der Waals surface area contributed by atoms with E-state index in [1.165, 1.54) is 22.8 Å². The van der Waals surface area contributed by atoms with Crippen LogP contribution in [0.1, 0.15) is 36.5 Å². The Morgan fingerprint density at radius 1 is 1.16 bits per heavy atom. The second-order valence-corrected chi connectivity index (χ2v) is 12.8. The van der Waals surface area contributed by atoms with Crippen LogP contribution in [0.3, 0.4) is 0 Å². The number of aromatic amines is 1. The van der Waals surface area contributed by atoms with Gasteiger partial charge in [0.05, 0.1) is 5.92 Å². The quantitative estimate of drug-likeness (QED) is 0.434. The van der Waals surface area contributed by atoms with Gasteiger partial charge in [-0.1, -0.05) is 48.5 Å². The standard InChI is InChI=1S/C33H35N5O5/c1-32(35-29(39)21-15-23-22-10-6-11-24-28(22)20(17-34-24)16-25(23)36(2)18-21)31(41)38-26(14-19-8-4-3-5-9-19)30(40)37-13-7-12-27(37)33(38,42)43-32/h3-6,8-11,15,17,21,25-27,34,42H,7,12-14,16,18H2,1-2H3,(H,35,39)/t21-,25+,26-,27-,32+,33?/m0/s1. The number of fused-ring (bicyclic) bond motifs is 5. The highest BCUT2D eigenvalue weighted by Crippen LogP contribution is 2.46. The highest BCUT2D eigenvalue weighted by molar-refractivity contribution is 6.00. The third-order valence-electron chi connectivity index (χ3n) is 10.1. The number of hydrogen-bond acceptors (Lipinski definition) is 6. The van der Waals surface area contributed by atoms with Crippen LogP contribution in [0.15, 0.2) is 60.8 Å². The van der Waals surface area contributed by atoms with Gasteiger partial charge in [0.25, 0.3) is 11.8 Å². The predicted molar refractivity (Wildman–Crippen MR) is 158 cm³/mol. The Kier molecular flexibility index (Phi) is 5.73. The molecule has 0 saturated carbocycles. The van der Waals surface area contributed by atoms with Gasteiger partial charge in [-0.05, 0) is 61.6 Å². The zero-order valence-electron chi connectivity index (χ0n) is 24.2. The fourth-order valence-corrected chi connectivity index (χ4v) is 8.12. The number of piperazine rings is 1. The molecule has 3 aromatic rings. The van der Waals surface area contributed by atoms with E-state index in [0.29, 0.717) is 25.9 Å². The maximum Gasteiger partial charge on any atom is 0.280 e. The van der Waals surface area contributed by atoms with E-state index in [-0.39, 0.29) is 24.3 Å². The molecule has 3 fully saturated rings. The third-order valence-corrected chi connectivity index (χ3v) is 10.1. The van der Waals surface area contributed by atoms with Gasteiger partial charge in [0.15, 0.2) is 0 Å². The number of benzene rings is 2. The number of aliphatic hydroxyl groups is 1. The summed E-state index contributed by atoms with van der Waals surface area (Å²) < 4.78 is 6.23. The second kappa shape index (κ2) is 9.25. The number of rotatable bonds is 4. The van der Waals surface area contributed by atoms with Crippen molar-refractivity contribution in [3.05, 3.63) is 77.5 Å². The van der Waals surface area contributed by atoms with Crippen LogP contribution in [0, 0.1) is 5.92 Å². The lowest BCUT2D eigenvalue weighted by Crippen LogP contribution is -2.71. The molecule has 10 heteroatoms. The Hall–Kier alpha value is -3.99. The van der Waals surface area contributed by atoms with Gasteiger partial charge in [0.2, 0.25) is 17.5 Å². The number of H-pyrrole nitrogens is 1. The Balaban J connectivity index is 1.11. The Morgan fingerprint density at radius 3 is 2.79 bits per heavy atom. The number of amides is 3. The third kappa shape index (κ3) is 3.79. The zero-order valence-corrected chi connectivity index (χ0v) is 24.2. The number of aromatic nitrogens is 1. The van der Waals surface area contributed by atoms with E-state index in [1.807, 2.05) is 49.5 Å². The second-order valence-electron chi connectivity index (χ2n) is 12.8. The van der Waals surface area contributed by atoms with Crippen LogP contribution in [-0.2, 0) is 32.0 Å². The van der Waals surface area contributed by atoms with Crippen molar-refractivity contribution < 1.29 is 24.2 Å². The van der Waals surface area contributed by atoms with Crippen LogP contribution >= 0.6 is 0 Å². The highest BCUT2D eigenvalue weighted by atomic mass is 16.7. The van der Waals surface area contributed by atoms with Gasteiger partial charge >= 0.3 is 0 Å². The molecule has 0 bridgehead atoms. The number of nitrogens with zero attached hydrogens (tertiary/aromatic N) is 3. The average Bonchev–Trinajstić information content (AvgIpc) is 3.70. The van der Waals surface area contributed by atoms with Crippen molar-refractivity contribution in [2.24, 2.45) is 5.92 Å². The largest absolute Gasteiger partial charge is 0.361 e. The van der Waals surface area contributed by atoms with Gasteiger partial charge in [-0.25, -0.2) is 0 Å². The maximum atomic E-state index is 14.2. The summed E-state index contributed by atoms with van der Waals surface area (Å²) in [5.41, 5.74) is 3.58. The SMILES string of the molecule is CN1C[C@@H](C(=O)N[C@]2(C)OC3(O)[C@@H]4CCCN4C(=O)[C@H](Cc4ccccc4)N3C2=O)C=C2c3cccc4[nH]cc(c34)C[C@H]21. The lowest BCUT2D eigenvalue weighted by Gasteiger charge is -2.48. The molecule has 0 radical (unpaired) electrons. The Labute approximate surface area is 249 Å². The maximum absolute atomic E-state index is 14.2. The molecular formula is C33H35N5O5. The molecule has 1 aliphatic carbocycles. The predicted octanol–water partition coefficient (Wildman–Crippen LogP) is 1.99. The Morgan fingerprint density at radius 2 is 1.98 bits per heavy atom. The van der Waals surface area contributed by atoms with Crippen LogP contribution in [0.2, 0.25) is 0 Å². The van der Waals surface area contributed by atoms with Gasteiger partial charge in [-0.3, -0.25) is 28.9 Å². The van der Waals surface area contributed by atoms with Crippen LogP contribution in [0.25, 0.3) is 16.5 Å². The summed E-state index contributed by atoms with van der Waals surface area (Å²) in [4.78, 5) is 50.2. The van der Waals surface area contributed by atoms with E-state index in [1.54, 1.807) is 4.90 Å².